The lowest BCUT2D eigenvalue weighted by Crippen LogP contribution is -2.37. The Morgan fingerprint density at radius 1 is 0.429 bits per heavy atom. The van der Waals surface area contributed by atoms with E-state index in [1.54, 1.807) is 0 Å². The van der Waals surface area contributed by atoms with Gasteiger partial charge in [-0.2, -0.15) is 10.5 Å². The van der Waals surface area contributed by atoms with Gasteiger partial charge >= 0.3 is 0 Å². The largest absolute Gasteiger partial charge is 0.310 e. The number of nitriles is 2. The summed E-state index contributed by atoms with van der Waals surface area (Å²) in [7, 11) is -2.74. The summed E-state index contributed by atoms with van der Waals surface area (Å²) in [5.41, 5.74) is 17.5. The number of hydrogen-bond acceptors (Lipinski definition) is 4. The Morgan fingerprint density at radius 3 is 1.36 bits per heavy atom. The molecule has 0 saturated carbocycles. The van der Waals surface area contributed by atoms with Gasteiger partial charge in [-0.25, -0.2) is 0 Å². The van der Waals surface area contributed by atoms with E-state index in [1.165, 1.54) is 76.3 Å². The molecule has 77 heavy (non-hydrogen) atoms. The summed E-state index contributed by atoms with van der Waals surface area (Å²) in [5, 5.41) is 30.0. The zero-order valence-corrected chi connectivity index (χ0v) is 45.8. The molecule has 2 heterocycles. The van der Waals surface area contributed by atoms with E-state index in [4.69, 9.17) is 0 Å². The quantitative estimate of drug-likeness (QED) is 0.142. The first-order chi connectivity index (χ1) is 37.6. The Bertz CT molecular complexity index is 4480. The van der Waals surface area contributed by atoms with Crippen LogP contribution in [0.15, 0.2) is 224 Å². The molecule has 11 aromatic carbocycles. The molecular weight excluding hydrogens is 967 g/mol. The Labute approximate surface area is 452 Å². The standard InChI is InChI=1S/C70H53N5Si2/c1-76(2)51-37-33-49(34-38-51)73(47-29-25-45(43-71)26-30-47)65-41-61-67(56-18-8-6-15-53(56)65)68-57-19-9-7-16-54(57)66(74(48-31-27-46(44-72)28-32-48)50-35-39-52(40-36-50)77(3,4)5)42-62(68)70(61)59-21-11-13-24-64(59)75-63-23-12-10-17-55(63)58-20-14-22-60(70)69(58)75/h6-42,76H,1-5H3. The van der Waals surface area contributed by atoms with Crippen molar-refractivity contribution in [2.45, 2.75) is 38.2 Å². The molecule has 0 N–H and O–H groups in total. The molecule has 0 amide bonds. The van der Waals surface area contributed by atoms with Crippen molar-refractivity contribution in [3.8, 4) is 29.0 Å². The van der Waals surface area contributed by atoms with Gasteiger partial charge in [-0.3, -0.25) is 0 Å². The zero-order valence-electron chi connectivity index (χ0n) is 43.7. The average molecular weight is 1020 g/mol. The van der Waals surface area contributed by atoms with E-state index in [0.29, 0.717) is 11.1 Å². The maximum absolute atomic E-state index is 10.1. The molecule has 0 fully saturated rings. The Morgan fingerprint density at radius 2 is 0.857 bits per heavy atom. The number of para-hydroxylation sites is 3. The molecule has 7 heteroatoms. The minimum absolute atomic E-state index is 0.619. The van der Waals surface area contributed by atoms with Crippen molar-refractivity contribution in [3.05, 3.63) is 258 Å². The number of nitrogens with zero attached hydrogens (tertiary/aromatic N) is 5. The van der Waals surface area contributed by atoms with E-state index in [-0.39, 0.29) is 0 Å². The summed E-state index contributed by atoms with van der Waals surface area (Å²) in [5.74, 6) is 0. The van der Waals surface area contributed by atoms with Crippen LogP contribution in [0.1, 0.15) is 33.4 Å². The van der Waals surface area contributed by atoms with Gasteiger partial charge in [0.25, 0.3) is 0 Å². The van der Waals surface area contributed by atoms with Crippen LogP contribution in [0.2, 0.25) is 32.7 Å². The number of anilines is 6. The number of fused-ring (bicyclic) bond motifs is 16. The first-order valence-electron chi connectivity index (χ1n) is 26.6. The van der Waals surface area contributed by atoms with Crippen molar-refractivity contribution in [2.24, 2.45) is 0 Å². The summed E-state index contributed by atoms with van der Waals surface area (Å²) >= 11 is 0. The Hall–Kier alpha value is -9.25. The third-order valence-electron chi connectivity index (χ3n) is 16.6. The topological polar surface area (TPSA) is 59.0 Å². The average Bonchev–Trinajstić information content (AvgIpc) is 3.41. The monoisotopic (exact) mass is 1020 g/mol. The lowest BCUT2D eigenvalue weighted by Gasteiger charge is -2.40. The highest BCUT2D eigenvalue weighted by Crippen LogP contribution is 2.65. The fraction of sp³-hybridized carbons (Fsp3) is 0.0857. The summed E-state index contributed by atoms with van der Waals surface area (Å²) in [4.78, 5) is 4.83. The third kappa shape index (κ3) is 6.81. The van der Waals surface area contributed by atoms with Crippen molar-refractivity contribution >= 4 is 105 Å². The van der Waals surface area contributed by atoms with Crippen molar-refractivity contribution in [3.63, 3.8) is 0 Å². The molecule has 1 aromatic heterocycles. The Balaban J connectivity index is 1.17. The molecule has 366 valence electrons. The van der Waals surface area contributed by atoms with E-state index in [2.05, 4.69) is 259 Å². The van der Waals surface area contributed by atoms with E-state index in [1.807, 2.05) is 24.3 Å². The SMILES string of the molecule is C[SiH](C)c1ccc(N(c2ccc(C#N)cc2)c2cc3c(c4ccccc24)-c2c(cc(N(c4ccc(C#N)cc4)c4ccc([Si](C)(C)C)cc4)c4ccccc24)C32c3ccccc3-n3c4ccccc4c4cccc2c43)cc1. The van der Waals surface area contributed by atoms with Gasteiger partial charge in [-0.05, 0) is 141 Å². The van der Waals surface area contributed by atoms with Gasteiger partial charge in [0, 0.05) is 44.3 Å². The van der Waals surface area contributed by atoms with Gasteiger partial charge in [-0.15, -0.1) is 0 Å². The van der Waals surface area contributed by atoms with Gasteiger partial charge < -0.3 is 14.4 Å². The summed E-state index contributed by atoms with van der Waals surface area (Å²) in [6.45, 7) is 12.0. The number of hydrogen-bond donors (Lipinski definition) is 0. The molecule has 1 aliphatic heterocycles. The normalized spacial score (nSPS) is 14.2. The minimum atomic E-state index is -1.64. The van der Waals surface area contributed by atoms with Gasteiger partial charge in [-0.1, -0.05) is 171 Å². The Kier molecular flexibility index (Phi) is 10.5. The molecule has 2 aliphatic rings. The van der Waals surface area contributed by atoms with Crippen LogP contribution in [0.3, 0.4) is 0 Å². The molecule has 0 bridgehead atoms. The first kappa shape index (κ1) is 46.3. The fourth-order valence-corrected chi connectivity index (χ4v) is 15.1. The van der Waals surface area contributed by atoms with Crippen LogP contribution >= 0.6 is 0 Å². The van der Waals surface area contributed by atoms with Crippen LogP contribution in [0.4, 0.5) is 34.1 Å². The van der Waals surface area contributed by atoms with Crippen LogP contribution in [0.25, 0.3) is 60.2 Å². The fourth-order valence-electron chi connectivity index (χ4n) is 13.0. The molecule has 0 saturated heterocycles. The van der Waals surface area contributed by atoms with Gasteiger partial charge in [0.2, 0.25) is 0 Å². The first-order valence-corrected chi connectivity index (χ1v) is 33.0. The zero-order chi connectivity index (χ0) is 52.3. The summed E-state index contributed by atoms with van der Waals surface area (Å²) in [6.07, 6.45) is 0. The van der Waals surface area contributed by atoms with Gasteiger partial charge in [0.1, 0.15) is 0 Å². The maximum Gasteiger partial charge on any atom is 0.0991 e. The number of aromatic nitrogens is 1. The summed E-state index contributed by atoms with van der Waals surface area (Å²) in [6, 6.07) is 87.4. The maximum atomic E-state index is 10.1. The van der Waals surface area contributed by atoms with Crippen molar-refractivity contribution < 1.29 is 0 Å². The third-order valence-corrected chi connectivity index (χ3v) is 20.3. The van der Waals surface area contributed by atoms with E-state index in [0.717, 1.165) is 50.6 Å². The van der Waals surface area contributed by atoms with Crippen molar-refractivity contribution in [2.75, 3.05) is 9.80 Å². The number of rotatable bonds is 8. The highest BCUT2D eigenvalue weighted by atomic mass is 28.3. The van der Waals surface area contributed by atoms with Crippen LogP contribution in [-0.2, 0) is 5.41 Å². The molecule has 0 radical (unpaired) electrons. The molecule has 1 spiro atoms. The smallest absolute Gasteiger partial charge is 0.0991 e. The second-order valence-corrected chi connectivity index (χ2v) is 30.1. The van der Waals surface area contributed by atoms with Crippen LogP contribution in [0.5, 0.6) is 0 Å². The van der Waals surface area contributed by atoms with Crippen molar-refractivity contribution in [1.29, 1.82) is 10.5 Å². The van der Waals surface area contributed by atoms with Gasteiger partial charge in [0.05, 0.1) is 73.6 Å². The lowest BCUT2D eigenvalue weighted by atomic mass is 9.65. The van der Waals surface area contributed by atoms with Crippen LogP contribution < -0.4 is 20.2 Å². The van der Waals surface area contributed by atoms with Crippen LogP contribution in [-0.4, -0.2) is 21.4 Å². The lowest BCUT2D eigenvalue weighted by molar-refractivity contribution is 0.749. The van der Waals surface area contributed by atoms with E-state index >= 15 is 0 Å². The molecule has 1 aliphatic carbocycles. The molecule has 5 nitrogen and oxygen atoms in total. The van der Waals surface area contributed by atoms with E-state index in [9.17, 15) is 10.5 Å². The number of benzene rings is 11. The van der Waals surface area contributed by atoms with Crippen LogP contribution in [0, 0.1) is 22.7 Å². The van der Waals surface area contributed by atoms with E-state index < -0.39 is 22.3 Å². The summed E-state index contributed by atoms with van der Waals surface area (Å²) < 4.78 is 2.52. The minimum Gasteiger partial charge on any atom is -0.310 e. The molecular formula is C70H53N5Si2. The molecule has 14 rings (SSSR count). The van der Waals surface area contributed by atoms with Gasteiger partial charge in [0.15, 0.2) is 0 Å². The molecule has 1 atom stereocenters. The second-order valence-electron chi connectivity index (χ2n) is 22.1. The molecule has 1 unspecified atom stereocenters. The predicted octanol–water partition coefficient (Wildman–Crippen LogP) is 16.7. The molecule has 12 aromatic rings. The highest BCUT2D eigenvalue weighted by molar-refractivity contribution is 6.88. The van der Waals surface area contributed by atoms with Crippen molar-refractivity contribution in [1.82, 2.24) is 4.57 Å². The predicted molar refractivity (Wildman–Crippen MR) is 327 cm³/mol. The second kappa shape index (κ2) is 17.4. The highest BCUT2D eigenvalue weighted by Gasteiger charge is 2.53.